The number of hydrogen-bond donors (Lipinski definition) is 2. The molecule has 8 nitrogen and oxygen atoms in total. The molecule has 8 heteroatoms. The zero-order valence-electron chi connectivity index (χ0n) is 12.3. The van der Waals surface area contributed by atoms with Crippen molar-refractivity contribution in [1.82, 2.24) is 4.90 Å². The lowest BCUT2D eigenvalue weighted by molar-refractivity contribution is -0.161. The first-order valence-electron chi connectivity index (χ1n) is 6.54. The fraction of sp³-hybridized carbons (Fsp3) is 0.692. The summed E-state index contributed by atoms with van der Waals surface area (Å²) < 4.78 is 5.06. The molecule has 0 aromatic carbocycles. The van der Waals surface area contributed by atoms with Crippen molar-refractivity contribution in [3.05, 3.63) is 0 Å². The number of esters is 1. The minimum Gasteiger partial charge on any atom is -0.480 e. The molecule has 1 aliphatic heterocycles. The van der Waals surface area contributed by atoms with Crippen molar-refractivity contribution in [1.29, 1.82) is 0 Å². The van der Waals surface area contributed by atoms with Crippen LogP contribution in [0.1, 0.15) is 33.6 Å². The van der Waals surface area contributed by atoms with E-state index < -0.39 is 47.7 Å². The molecule has 2 atom stereocenters. The van der Waals surface area contributed by atoms with Crippen molar-refractivity contribution in [3.8, 4) is 0 Å². The first-order chi connectivity index (χ1) is 9.51. The Morgan fingerprint density at radius 3 is 2.38 bits per heavy atom. The molecule has 0 saturated carbocycles. The fourth-order valence-corrected chi connectivity index (χ4v) is 2.10. The molecule has 0 spiro atoms. The summed E-state index contributed by atoms with van der Waals surface area (Å²) in [5, 5.41) is 9.21. The number of carbonyl (C=O) groups excluding carboxylic acids is 3. The Morgan fingerprint density at radius 1 is 1.43 bits per heavy atom. The van der Waals surface area contributed by atoms with Crippen LogP contribution in [-0.4, -0.2) is 51.9 Å². The van der Waals surface area contributed by atoms with Gasteiger partial charge in [-0.3, -0.25) is 14.4 Å². The number of ether oxygens (including phenoxy) is 1. The molecule has 1 fully saturated rings. The monoisotopic (exact) mass is 300 g/mol. The van der Waals surface area contributed by atoms with Crippen LogP contribution in [0.4, 0.5) is 0 Å². The number of likely N-dealkylation sites (tertiary alicyclic amines) is 1. The second kappa shape index (κ2) is 6.11. The third kappa shape index (κ3) is 4.73. The summed E-state index contributed by atoms with van der Waals surface area (Å²) in [5.74, 6) is -3.93. The standard InChI is InChI=1S/C13H20N2O6/c1-13(2,3)21-10(17)5-8(12(19)20)15-6-7(11(14)18)4-9(15)16/h7-8H,4-6H2,1-3H3,(H2,14,18)(H,19,20)/t7?,8-/m0/s1. The van der Waals surface area contributed by atoms with Crippen molar-refractivity contribution in [3.63, 3.8) is 0 Å². The lowest BCUT2D eigenvalue weighted by atomic mass is 10.1. The minimum absolute atomic E-state index is 0.0894. The Hall–Kier alpha value is -2.12. The molecule has 1 aliphatic rings. The van der Waals surface area contributed by atoms with E-state index in [2.05, 4.69) is 0 Å². The van der Waals surface area contributed by atoms with Crippen molar-refractivity contribution in [2.24, 2.45) is 11.7 Å². The third-order valence-corrected chi connectivity index (χ3v) is 3.00. The van der Waals surface area contributed by atoms with E-state index in [1.54, 1.807) is 20.8 Å². The lowest BCUT2D eigenvalue weighted by Crippen LogP contribution is -2.45. The molecule has 118 valence electrons. The maximum absolute atomic E-state index is 11.8. The summed E-state index contributed by atoms with van der Waals surface area (Å²) in [6.45, 7) is 4.88. The van der Waals surface area contributed by atoms with Crippen LogP contribution >= 0.6 is 0 Å². The van der Waals surface area contributed by atoms with E-state index in [0.29, 0.717) is 0 Å². The predicted octanol–water partition coefficient (Wildman–Crippen LogP) is -0.495. The molecule has 0 aliphatic carbocycles. The number of nitrogens with zero attached hydrogens (tertiary/aromatic N) is 1. The van der Waals surface area contributed by atoms with Gasteiger partial charge in [0.25, 0.3) is 0 Å². The van der Waals surface area contributed by atoms with Crippen molar-refractivity contribution >= 4 is 23.8 Å². The highest BCUT2D eigenvalue weighted by Crippen LogP contribution is 2.22. The Labute approximate surface area is 122 Å². The number of primary amides is 1. The quantitative estimate of drug-likeness (QED) is 0.659. The van der Waals surface area contributed by atoms with Crippen LogP contribution in [0.25, 0.3) is 0 Å². The number of aliphatic carboxylic acids is 1. The molecular weight excluding hydrogens is 280 g/mol. The fourth-order valence-electron chi connectivity index (χ4n) is 2.10. The number of hydrogen-bond acceptors (Lipinski definition) is 5. The molecular formula is C13H20N2O6. The molecule has 0 bridgehead atoms. The Morgan fingerprint density at radius 2 is 2.00 bits per heavy atom. The van der Waals surface area contributed by atoms with E-state index >= 15 is 0 Å². The highest BCUT2D eigenvalue weighted by molar-refractivity contribution is 5.92. The summed E-state index contributed by atoms with van der Waals surface area (Å²) in [7, 11) is 0. The number of amides is 2. The second-order valence-electron chi connectivity index (χ2n) is 5.99. The summed E-state index contributed by atoms with van der Waals surface area (Å²) in [6, 6.07) is -1.35. The van der Waals surface area contributed by atoms with Gasteiger partial charge in [0.15, 0.2) is 0 Å². The molecule has 2 amide bonds. The van der Waals surface area contributed by atoms with Crippen LogP contribution in [0.3, 0.4) is 0 Å². The van der Waals surface area contributed by atoms with Crippen molar-refractivity contribution in [2.75, 3.05) is 6.54 Å². The van der Waals surface area contributed by atoms with Gasteiger partial charge in [-0.1, -0.05) is 0 Å². The van der Waals surface area contributed by atoms with Gasteiger partial charge in [-0.2, -0.15) is 0 Å². The molecule has 1 unspecified atom stereocenters. The van der Waals surface area contributed by atoms with Gasteiger partial charge >= 0.3 is 11.9 Å². The lowest BCUT2D eigenvalue weighted by Gasteiger charge is -2.26. The SMILES string of the molecule is CC(C)(C)OC(=O)C[C@@H](C(=O)O)N1CC(C(N)=O)CC1=O. The van der Waals surface area contributed by atoms with E-state index in [4.69, 9.17) is 10.5 Å². The first-order valence-corrected chi connectivity index (χ1v) is 6.54. The molecule has 1 rings (SSSR count). The summed E-state index contributed by atoms with van der Waals surface area (Å²) >= 11 is 0. The third-order valence-electron chi connectivity index (χ3n) is 3.00. The van der Waals surface area contributed by atoms with Crippen molar-refractivity contribution < 1.29 is 29.0 Å². The van der Waals surface area contributed by atoms with Gasteiger partial charge in [0, 0.05) is 13.0 Å². The second-order valence-corrected chi connectivity index (χ2v) is 5.99. The Kier molecular flexibility index (Phi) is 4.93. The van der Waals surface area contributed by atoms with E-state index in [-0.39, 0.29) is 13.0 Å². The van der Waals surface area contributed by atoms with Crippen LogP contribution in [0.2, 0.25) is 0 Å². The van der Waals surface area contributed by atoms with Gasteiger partial charge in [0.2, 0.25) is 11.8 Å². The topological polar surface area (TPSA) is 127 Å². The summed E-state index contributed by atoms with van der Waals surface area (Å²) in [4.78, 5) is 46.9. The highest BCUT2D eigenvalue weighted by atomic mass is 16.6. The molecule has 1 heterocycles. The molecule has 3 N–H and O–H groups in total. The van der Waals surface area contributed by atoms with Crippen molar-refractivity contribution in [2.45, 2.75) is 45.3 Å². The van der Waals surface area contributed by atoms with Crippen LogP contribution < -0.4 is 5.73 Å². The van der Waals surface area contributed by atoms with Gasteiger partial charge in [0.1, 0.15) is 11.6 Å². The smallest absolute Gasteiger partial charge is 0.327 e. The summed E-state index contributed by atoms with van der Waals surface area (Å²) in [5.41, 5.74) is 4.38. The highest BCUT2D eigenvalue weighted by Gasteiger charge is 2.41. The van der Waals surface area contributed by atoms with Gasteiger partial charge in [0.05, 0.1) is 12.3 Å². The van der Waals surface area contributed by atoms with E-state index in [1.807, 2.05) is 0 Å². The average Bonchev–Trinajstić information content (AvgIpc) is 2.65. The Balaban J connectivity index is 2.79. The maximum Gasteiger partial charge on any atom is 0.327 e. The van der Waals surface area contributed by atoms with E-state index in [0.717, 1.165) is 4.90 Å². The number of nitrogens with two attached hydrogens (primary N) is 1. The number of rotatable bonds is 5. The number of carboxylic acid groups (broad SMARTS) is 1. The maximum atomic E-state index is 11.8. The largest absolute Gasteiger partial charge is 0.480 e. The van der Waals surface area contributed by atoms with E-state index in [9.17, 15) is 24.3 Å². The number of carbonyl (C=O) groups is 4. The molecule has 0 aromatic rings. The average molecular weight is 300 g/mol. The zero-order valence-corrected chi connectivity index (χ0v) is 12.3. The molecule has 0 aromatic heterocycles. The van der Waals surface area contributed by atoms with Gasteiger partial charge < -0.3 is 20.5 Å². The van der Waals surface area contributed by atoms with Crippen LogP contribution in [0.5, 0.6) is 0 Å². The van der Waals surface area contributed by atoms with Crippen LogP contribution in [0, 0.1) is 5.92 Å². The molecule has 0 radical (unpaired) electrons. The van der Waals surface area contributed by atoms with Gasteiger partial charge in [-0.15, -0.1) is 0 Å². The zero-order chi connectivity index (χ0) is 16.4. The van der Waals surface area contributed by atoms with Crippen LogP contribution in [0.15, 0.2) is 0 Å². The predicted molar refractivity (Wildman–Crippen MR) is 70.9 cm³/mol. The molecule has 21 heavy (non-hydrogen) atoms. The number of carboxylic acids is 1. The van der Waals surface area contributed by atoms with Gasteiger partial charge in [-0.05, 0) is 20.8 Å². The Bertz CT molecular complexity index is 468. The molecule has 1 saturated heterocycles. The van der Waals surface area contributed by atoms with Gasteiger partial charge in [-0.25, -0.2) is 4.79 Å². The normalized spacial score (nSPS) is 20.2. The van der Waals surface area contributed by atoms with Crippen LogP contribution in [-0.2, 0) is 23.9 Å². The van der Waals surface area contributed by atoms with E-state index in [1.165, 1.54) is 0 Å². The summed E-state index contributed by atoms with van der Waals surface area (Å²) in [6.07, 6.45) is -0.600. The first kappa shape index (κ1) is 16.9. The minimum atomic E-state index is -1.35.